The summed E-state index contributed by atoms with van der Waals surface area (Å²) in [5.74, 6) is 1.50. The van der Waals surface area contributed by atoms with Gasteiger partial charge in [0.2, 0.25) is 0 Å². The first-order valence-corrected chi connectivity index (χ1v) is 7.20. The smallest absolute Gasteiger partial charge is 0.145 e. The molecule has 3 nitrogen and oxygen atoms in total. The van der Waals surface area contributed by atoms with Crippen molar-refractivity contribution < 1.29 is 9.84 Å². The standard InChI is InChI=1S/C18H23NO2/c1-12-10-14(18(3,4)5)6-9-17(12)21-15-7-8-16(13(2)20)19-11-15/h6-11,13,20H,1-5H3/t13-/m0/s1. The van der Waals surface area contributed by atoms with Gasteiger partial charge in [0.05, 0.1) is 18.0 Å². The zero-order valence-electron chi connectivity index (χ0n) is 13.3. The summed E-state index contributed by atoms with van der Waals surface area (Å²) in [4.78, 5) is 4.19. The number of hydrogen-bond donors (Lipinski definition) is 1. The Morgan fingerprint density at radius 2 is 1.86 bits per heavy atom. The third-order valence-corrected chi connectivity index (χ3v) is 3.46. The van der Waals surface area contributed by atoms with Crippen LogP contribution in [0.2, 0.25) is 0 Å². The van der Waals surface area contributed by atoms with E-state index in [1.807, 2.05) is 19.1 Å². The van der Waals surface area contributed by atoms with Crippen LogP contribution >= 0.6 is 0 Å². The zero-order chi connectivity index (χ0) is 15.6. The van der Waals surface area contributed by atoms with E-state index in [9.17, 15) is 5.11 Å². The lowest BCUT2D eigenvalue weighted by molar-refractivity contribution is 0.194. The average molecular weight is 285 g/mol. The fourth-order valence-corrected chi connectivity index (χ4v) is 2.06. The first kappa shape index (κ1) is 15.5. The van der Waals surface area contributed by atoms with E-state index in [2.05, 4.69) is 37.9 Å². The molecule has 0 unspecified atom stereocenters. The Morgan fingerprint density at radius 3 is 2.33 bits per heavy atom. The Labute approximate surface area is 126 Å². The number of nitrogens with zero attached hydrogens (tertiary/aromatic N) is 1. The van der Waals surface area contributed by atoms with Gasteiger partial charge in [-0.3, -0.25) is 4.98 Å². The van der Waals surface area contributed by atoms with Gasteiger partial charge in [-0.25, -0.2) is 0 Å². The van der Waals surface area contributed by atoms with Crippen molar-refractivity contribution in [3.8, 4) is 11.5 Å². The molecular weight excluding hydrogens is 262 g/mol. The number of aromatic nitrogens is 1. The maximum Gasteiger partial charge on any atom is 0.145 e. The highest BCUT2D eigenvalue weighted by atomic mass is 16.5. The van der Waals surface area contributed by atoms with Gasteiger partial charge in [-0.1, -0.05) is 32.9 Å². The number of hydrogen-bond acceptors (Lipinski definition) is 3. The van der Waals surface area contributed by atoms with Gasteiger partial charge in [0, 0.05) is 0 Å². The third-order valence-electron chi connectivity index (χ3n) is 3.46. The van der Waals surface area contributed by atoms with Crippen LogP contribution in [-0.2, 0) is 5.41 Å². The molecule has 2 aromatic rings. The number of pyridine rings is 1. The normalized spacial score (nSPS) is 13.0. The summed E-state index contributed by atoms with van der Waals surface area (Å²) in [6.07, 6.45) is 1.07. The molecule has 0 fully saturated rings. The van der Waals surface area contributed by atoms with Crippen molar-refractivity contribution in [3.05, 3.63) is 53.3 Å². The predicted octanol–water partition coefficient (Wildman–Crippen LogP) is 4.53. The number of rotatable bonds is 3. The van der Waals surface area contributed by atoms with Crippen molar-refractivity contribution in [3.63, 3.8) is 0 Å². The number of aliphatic hydroxyl groups is 1. The van der Waals surface area contributed by atoms with Crippen molar-refractivity contribution in [2.24, 2.45) is 0 Å². The molecule has 1 aromatic heterocycles. The lowest BCUT2D eigenvalue weighted by Gasteiger charge is -2.20. The summed E-state index contributed by atoms with van der Waals surface area (Å²) in [7, 11) is 0. The van der Waals surface area contributed by atoms with Gasteiger partial charge in [0.1, 0.15) is 11.5 Å². The predicted molar refractivity (Wildman–Crippen MR) is 84.8 cm³/mol. The molecule has 0 saturated carbocycles. The minimum Gasteiger partial charge on any atom is -0.455 e. The van der Waals surface area contributed by atoms with E-state index in [4.69, 9.17) is 4.74 Å². The van der Waals surface area contributed by atoms with Gasteiger partial charge in [0.15, 0.2) is 0 Å². The van der Waals surface area contributed by atoms with Gasteiger partial charge < -0.3 is 9.84 Å². The summed E-state index contributed by atoms with van der Waals surface area (Å²) in [6, 6.07) is 9.86. The molecule has 0 aliphatic carbocycles. The van der Waals surface area contributed by atoms with E-state index in [0.717, 1.165) is 11.3 Å². The lowest BCUT2D eigenvalue weighted by Crippen LogP contribution is -2.11. The van der Waals surface area contributed by atoms with E-state index in [1.165, 1.54) is 5.56 Å². The molecule has 1 atom stereocenters. The second-order valence-corrected chi connectivity index (χ2v) is 6.43. The van der Waals surface area contributed by atoms with Crippen LogP contribution in [-0.4, -0.2) is 10.1 Å². The molecule has 0 saturated heterocycles. The van der Waals surface area contributed by atoms with Crippen LogP contribution in [0.5, 0.6) is 11.5 Å². The van der Waals surface area contributed by atoms with E-state index in [-0.39, 0.29) is 5.41 Å². The second-order valence-electron chi connectivity index (χ2n) is 6.43. The van der Waals surface area contributed by atoms with Crippen LogP contribution in [0.1, 0.15) is 50.6 Å². The topological polar surface area (TPSA) is 42.4 Å². The van der Waals surface area contributed by atoms with Gasteiger partial charge in [0.25, 0.3) is 0 Å². The number of aliphatic hydroxyl groups excluding tert-OH is 1. The van der Waals surface area contributed by atoms with Crippen molar-refractivity contribution in [2.75, 3.05) is 0 Å². The summed E-state index contributed by atoms with van der Waals surface area (Å²) >= 11 is 0. The molecule has 1 heterocycles. The zero-order valence-corrected chi connectivity index (χ0v) is 13.3. The van der Waals surface area contributed by atoms with Crippen LogP contribution in [0.4, 0.5) is 0 Å². The van der Waals surface area contributed by atoms with E-state index < -0.39 is 6.10 Å². The Balaban J connectivity index is 2.20. The Kier molecular flexibility index (Phi) is 4.33. The first-order valence-electron chi connectivity index (χ1n) is 7.20. The molecule has 21 heavy (non-hydrogen) atoms. The van der Waals surface area contributed by atoms with E-state index in [1.54, 1.807) is 19.2 Å². The number of benzene rings is 1. The summed E-state index contributed by atoms with van der Waals surface area (Å²) in [5, 5.41) is 9.45. The molecule has 0 bridgehead atoms. The fraction of sp³-hybridized carbons (Fsp3) is 0.389. The lowest BCUT2D eigenvalue weighted by atomic mass is 9.86. The highest BCUT2D eigenvalue weighted by Gasteiger charge is 2.15. The van der Waals surface area contributed by atoms with Crippen LogP contribution < -0.4 is 4.74 Å². The summed E-state index contributed by atoms with van der Waals surface area (Å²) in [5.41, 5.74) is 3.16. The summed E-state index contributed by atoms with van der Waals surface area (Å²) < 4.78 is 5.87. The molecule has 0 aliphatic rings. The Morgan fingerprint density at radius 1 is 1.14 bits per heavy atom. The minimum atomic E-state index is -0.563. The average Bonchev–Trinajstić information content (AvgIpc) is 2.40. The fourth-order valence-electron chi connectivity index (χ4n) is 2.06. The van der Waals surface area contributed by atoms with Crippen LogP contribution in [0.15, 0.2) is 36.5 Å². The molecule has 3 heteroatoms. The SMILES string of the molecule is Cc1cc(C(C)(C)C)ccc1Oc1ccc([C@H](C)O)nc1. The van der Waals surface area contributed by atoms with Crippen molar-refractivity contribution in [2.45, 2.75) is 46.1 Å². The maximum atomic E-state index is 9.45. The Hall–Kier alpha value is -1.87. The first-order chi connectivity index (χ1) is 9.77. The van der Waals surface area contributed by atoms with Crippen LogP contribution in [0.3, 0.4) is 0 Å². The van der Waals surface area contributed by atoms with E-state index in [0.29, 0.717) is 11.4 Å². The maximum absolute atomic E-state index is 9.45. The molecule has 1 aromatic carbocycles. The molecule has 0 aliphatic heterocycles. The molecule has 0 radical (unpaired) electrons. The van der Waals surface area contributed by atoms with E-state index >= 15 is 0 Å². The van der Waals surface area contributed by atoms with Crippen LogP contribution in [0, 0.1) is 6.92 Å². The minimum absolute atomic E-state index is 0.129. The van der Waals surface area contributed by atoms with Crippen molar-refractivity contribution in [1.82, 2.24) is 4.98 Å². The van der Waals surface area contributed by atoms with Gasteiger partial charge in [-0.05, 0) is 48.6 Å². The number of ether oxygens (including phenoxy) is 1. The van der Waals surface area contributed by atoms with Crippen LogP contribution in [0.25, 0.3) is 0 Å². The molecular formula is C18H23NO2. The highest BCUT2D eigenvalue weighted by Crippen LogP contribution is 2.30. The molecule has 1 N–H and O–H groups in total. The second kappa shape index (κ2) is 5.86. The molecule has 0 spiro atoms. The summed E-state index contributed by atoms with van der Waals surface area (Å²) in [6.45, 7) is 10.3. The van der Waals surface area contributed by atoms with Gasteiger partial charge in [-0.15, -0.1) is 0 Å². The molecule has 112 valence electrons. The third kappa shape index (κ3) is 3.82. The number of aryl methyl sites for hydroxylation is 1. The largest absolute Gasteiger partial charge is 0.455 e. The van der Waals surface area contributed by atoms with Crippen molar-refractivity contribution in [1.29, 1.82) is 0 Å². The Bertz CT molecular complexity index is 610. The van der Waals surface area contributed by atoms with Gasteiger partial charge in [-0.2, -0.15) is 0 Å². The monoisotopic (exact) mass is 285 g/mol. The molecule has 0 amide bonds. The van der Waals surface area contributed by atoms with Gasteiger partial charge >= 0.3 is 0 Å². The quantitative estimate of drug-likeness (QED) is 0.900. The highest BCUT2D eigenvalue weighted by molar-refractivity contribution is 5.41. The molecule has 2 rings (SSSR count). The van der Waals surface area contributed by atoms with Crippen molar-refractivity contribution >= 4 is 0 Å².